The molecule has 0 atom stereocenters. The van der Waals surface area contributed by atoms with Gasteiger partial charge >= 0.3 is 0 Å². The molecule has 0 saturated carbocycles. The number of benzene rings is 2. The first kappa shape index (κ1) is 20.2. The summed E-state index contributed by atoms with van der Waals surface area (Å²) in [5.41, 5.74) is 1.13. The normalized spacial score (nSPS) is 10.3. The van der Waals surface area contributed by atoms with E-state index in [0.717, 1.165) is 15.9 Å². The fourth-order valence-electron chi connectivity index (χ4n) is 2.20. The van der Waals surface area contributed by atoms with Crippen molar-refractivity contribution >= 4 is 44.9 Å². The Morgan fingerprint density at radius 2 is 2.00 bits per heavy atom. The molecule has 0 radical (unpaired) electrons. The van der Waals surface area contributed by atoms with Crippen molar-refractivity contribution in [2.75, 3.05) is 11.9 Å². The van der Waals surface area contributed by atoms with Gasteiger partial charge in [-0.2, -0.15) is 0 Å². The lowest BCUT2D eigenvalue weighted by atomic mass is 10.2. The van der Waals surface area contributed by atoms with Crippen LogP contribution in [0.25, 0.3) is 0 Å². The van der Waals surface area contributed by atoms with Crippen LogP contribution in [-0.2, 0) is 0 Å². The van der Waals surface area contributed by atoms with E-state index in [2.05, 4.69) is 26.6 Å². The van der Waals surface area contributed by atoms with Gasteiger partial charge in [0.25, 0.3) is 5.91 Å². The van der Waals surface area contributed by atoms with Gasteiger partial charge in [0.1, 0.15) is 11.5 Å². The molecule has 1 amide bonds. The van der Waals surface area contributed by atoms with Crippen molar-refractivity contribution in [1.82, 2.24) is 5.32 Å². The molecule has 26 heavy (non-hydrogen) atoms. The van der Waals surface area contributed by atoms with Crippen molar-refractivity contribution in [2.24, 2.45) is 0 Å². The number of nitrogens with one attached hydrogen (secondary N) is 2. The van der Waals surface area contributed by atoms with Gasteiger partial charge in [0.15, 0.2) is 5.11 Å². The van der Waals surface area contributed by atoms with E-state index in [1.165, 1.54) is 0 Å². The third-order valence-corrected chi connectivity index (χ3v) is 3.88. The van der Waals surface area contributed by atoms with Crippen LogP contribution in [0, 0.1) is 0 Å². The van der Waals surface area contributed by atoms with E-state index in [-0.39, 0.29) is 17.1 Å². The van der Waals surface area contributed by atoms with Gasteiger partial charge in [-0.25, -0.2) is 0 Å². The number of carbonyl (C=O) groups is 1. The predicted octanol–water partition coefficient (Wildman–Crippen LogP) is 4.76. The zero-order valence-corrected chi connectivity index (χ0v) is 17.2. The highest BCUT2D eigenvalue weighted by molar-refractivity contribution is 9.10. The van der Waals surface area contributed by atoms with Gasteiger partial charge < -0.3 is 14.8 Å². The topological polar surface area (TPSA) is 59.6 Å². The van der Waals surface area contributed by atoms with Gasteiger partial charge in [-0.3, -0.25) is 10.1 Å². The summed E-state index contributed by atoms with van der Waals surface area (Å²) in [5, 5.41) is 5.85. The lowest BCUT2D eigenvalue weighted by Gasteiger charge is -2.15. The Morgan fingerprint density at radius 1 is 1.23 bits per heavy atom. The molecule has 0 fully saturated rings. The Labute approximate surface area is 167 Å². The number of carbonyl (C=O) groups excluding carboxylic acids is 1. The molecule has 2 N–H and O–H groups in total. The van der Waals surface area contributed by atoms with Gasteiger partial charge in [-0.05, 0) is 63.3 Å². The van der Waals surface area contributed by atoms with Gasteiger partial charge in [0.05, 0.1) is 18.3 Å². The smallest absolute Gasteiger partial charge is 0.261 e. The fourth-order valence-corrected chi connectivity index (χ4v) is 2.77. The maximum Gasteiger partial charge on any atom is 0.261 e. The Hall–Kier alpha value is -2.12. The van der Waals surface area contributed by atoms with E-state index < -0.39 is 0 Å². The Kier molecular flexibility index (Phi) is 7.41. The molecule has 2 aromatic rings. The van der Waals surface area contributed by atoms with Gasteiger partial charge in [-0.1, -0.05) is 22.0 Å². The molecule has 0 spiro atoms. The molecule has 0 aromatic heterocycles. The molecule has 2 rings (SSSR count). The standard InChI is InChI=1S/C19H21BrN2O3S/c1-4-24-15-7-5-6-14(11-15)21-19(26)22-18(23)16-10-13(20)8-9-17(16)25-12(2)3/h5-12H,4H2,1-3H3,(H2,21,22,23,26). The highest BCUT2D eigenvalue weighted by Gasteiger charge is 2.16. The first-order valence-corrected chi connectivity index (χ1v) is 9.40. The van der Waals surface area contributed by atoms with Crippen molar-refractivity contribution in [3.05, 3.63) is 52.5 Å². The van der Waals surface area contributed by atoms with E-state index >= 15 is 0 Å². The number of hydrogen-bond acceptors (Lipinski definition) is 4. The highest BCUT2D eigenvalue weighted by Crippen LogP contribution is 2.24. The van der Waals surface area contributed by atoms with Crippen LogP contribution in [0.4, 0.5) is 5.69 Å². The largest absolute Gasteiger partial charge is 0.494 e. The van der Waals surface area contributed by atoms with Crippen LogP contribution < -0.4 is 20.1 Å². The maximum atomic E-state index is 12.6. The molecule has 0 bridgehead atoms. The minimum absolute atomic E-state index is 0.0471. The van der Waals surface area contributed by atoms with Gasteiger partial charge in [0.2, 0.25) is 0 Å². The molecule has 2 aromatic carbocycles. The zero-order chi connectivity index (χ0) is 19.1. The number of amides is 1. The summed E-state index contributed by atoms with van der Waals surface area (Å²) in [5.74, 6) is 0.883. The highest BCUT2D eigenvalue weighted by atomic mass is 79.9. The van der Waals surface area contributed by atoms with Crippen LogP contribution in [0.1, 0.15) is 31.1 Å². The molecule has 0 aliphatic heterocycles. The van der Waals surface area contributed by atoms with E-state index in [0.29, 0.717) is 17.9 Å². The monoisotopic (exact) mass is 436 g/mol. The van der Waals surface area contributed by atoms with Crippen molar-refractivity contribution in [3.8, 4) is 11.5 Å². The molecule has 0 unspecified atom stereocenters. The van der Waals surface area contributed by atoms with E-state index in [4.69, 9.17) is 21.7 Å². The second-order valence-electron chi connectivity index (χ2n) is 5.68. The summed E-state index contributed by atoms with van der Waals surface area (Å²) in [6, 6.07) is 12.6. The van der Waals surface area contributed by atoms with Crippen LogP contribution >= 0.6 is 28.1 Å². The molecule has 138 valence electrons. The SMILES string of the molecule is CCOc1cccc(NC(=S)NC(=O)c2cc(Br)ccc2OC(C)C)c1. The molecule has 0 saturated heterocycles. The van der Waals surface area contributed by atoms with Crippen molar-refractivity contribution < 1.29 is 14.3 Å². The van der Waals surface area contributed by atoms with Crippen molar-refractivity contribution in [3.63, 3.8) is 0 Å². The Morgan fingerprint density at radius 3 is 2.69 bits per heavy atom. The van der Waals surface area contributed by atoms with E-state index in [1.54, 1.807) is 12.1 Å². The van der Waals surface area contributed by atoms with Crippen LogP contribution in [0.3, 0.4) is 0 Å². The lowest BCUT2D eigenvalue weighted by Crippen LogP contribution is -2.34. The third kappa shape index (κ3) is 6.00. The van der Waals surface area contributed by atoms with E-state index in [9.17, 15) is 4.79 Å². The quantitative estimate of drug-likeness (QED) is 0.639. The Bertz CT molecular complexity index is 796. The first-order valence-electron chi connectivity index (χ1n) is 8.20. The summed E-state index contributed by atoms with van der Waals surface area (Å²) in [6.45, 7) is 6.30. The second-order valence-corrected chi connectivity index (χ2v) is 7.00. The molecule has 0 aliphatic carbocycles. The van der Waals surface area contributed by atoms with E-state index in [1.807, 2.05) is 51.1 Å². The molecule has 0 aliphatic rings. The number of halogens is 1. The number of thiocarbonyl (C=S) groups is 1. The average Bonchev–Trinajstić information content (AvgIpc) is 2.56. The van der Waals surface area contributed by atoms with Crippen LogP contribution in [0.15, 0.2) is 46.9 Å². The lowest BCUT2D eigenvalue weighted by molar-refractivity contribution is 0.0972. The van der Waals surface area contributed by atoms with Crippen LogP contribution in [0.5, 0.6) is 11.5 Å². The summed E-state index contributed by atoms with van der Waals surface area (Å²) in [6.07, 6.45) is -0.0471. The zero-order valence-electron chi connectivity index (χ0n) is 14.8. The number of hydrogen-bond donors (Lipinski definition) is 2. The third-order valence-electron chi connectivity index (χ3n) is 3.18. The Balaban J connectivity index is 2.08. The molecule has 0 heterocycles. The summed E-state index contributed by atoms with van der Waals surface area (Å²) in [4.78, 5) is 12.6. The number of anilines is 1. The summed E-state index contributed by atoms with van der Waals surface area (Å²) >= 11 is 8.62. The second kappa shape index (κ2) is 9.54. The van der Waals surface area contributed by atoms with Crippen LogP contribution in [0.2, 0.25) is 0 Å². The van der Waals surface area contributed by atoms with Crippen molar-refractivity contribution in [2.45, 2.75) is 26.9 Å². The summed E-state index contributed by atoms with van der Waals surface area (Å²) in [7, 11) is 0. The molecule has 5 nitrogen and oxygen atoms in total. The minimum atomic E-state index is -0.347. The van der Waals surface area contributed by atoms with Gasteiger partial charge in [-0.15, -0.1) is 0 Å². The molecule has 7 heteroatoms. The minimum Gasteiger partial charge on any atom is -0.494 e. The molecular formula is C19H21BrN2O3S. The summed E-state index contributed by atoms with van der Waals surface area (Å²) < 4.78 is 11.9. The average molecular weight is 437 g/mol. The predicted molar refractivity (Wildman–Crippen MR) is 111 cm³/mol. The molecular weight excluding hydrogens is 416 g/mol. The number of rotatable bonds is 6. The van der Waals surface area contributed by atoms with Gasteiger partial charge in [0, 0.05) is 16.2 Å². The van der Waals surface area contributed by atoms with Crippen LogP contribution in [-0.4, -0.2) is 23.7 Å². The van der Waals surface area contributed by atoms with Crippen molar-refractivity contribution in [1.29, 1.82) is 0 Å². The maximum absolute atomic E-state index is 12.6. The number of ether oxygens (including phenoxy) is 2. The first-order chi connectivity index (χ1) is 12.4. The fraction of sp³-hybridized carbons (Fsp3) is 0.263.